The summed E-state index contributed by atoms with van der Waals surface area (Å²) in [5.74, 6) is 0.166. The van der Waals surface area contributed by atoms with Gasteiger partial charge in [-0.15, -0.1) is 0 Å². The van der Waals surface area contributed by atoms with Gasteiger partial charge >= 0.3 is 0 Å². The fraction of sp³-hybridized carbons (Fsp3) is 0.800. The SMILES string of the molecule is CCn1nc(C(=O)N2CCCC2)c2c1CCC(NC1CCCCC1)C2. The first-order valence-electron chi connectivity index (χ1n) is 10.4. The molecule has 0 bridgehead atoms. The zero-order valence-corrected chi connectivity index (χ0v) is 15.6. The molecular formula is C20H32N4O. The van der Waals surface area contributed by atoms with Gasteiger partial charge in [0.1, 0.15) is 0 Å². The molecule has 2 heterocycles. The van der Waals surface area contributed by atoms with Crippen LogP contribution in [0.15, 0.2) is 0 Å². The van der Waals surface area contributed by atoms with Crippen LogP contribution in [-0.2, 0) is 19.4 Å². The van der Waals surface area contributed by atoms with Crippen molar-refractivity contribution in [2.24, 2.45) is 0 Å². The number of carbonyl (C=O) groups excluding carboxylic acids is 1. The summed E-state index contributed by atoms with van der Waals surface area (Å²) in [5, 5.41) is 8.63. The van der Waals surface area contributed by atoms with E-state index in [1.807, 2.05) is 4.90 Å². The molecule has 2 aliphatic carbocycles. The van der Waals surface area contributed by atoms with Crippen molar-refractivity contribution in [1.82, 2.24) is 20.0 Å². The molecule has 5 heteroatoms. The molecule has 1 saturated heterocycles. The molecule has 0 aromatic carbocycles. The van der Waals surface area contributed by atoms with Crippen molar-refractivity contribution < 1.29 is 4.79 Å². The Morgan fingerprint density at radius 3 is 2.56 bits per heavy atom. The highest BCUT2D eigenvalue weighted by Gasteiger charge is 2.32. The van der Waals surface area contributed by atoms with Crippen molar-refractivity contribution in [3.8, 4) is 0 Å². The van der Waals surface area contributed by atoms with Crippen LogP contribution in [0.25, 0.3) is 0 Å². The number of fused-ring (bicyclic) bond motifs is 1. The number of aromatic nitrogens is 2. The van der Waals surface area contributed by atoms with Gasteiger partial charge in [-0.05, 0) is 51.9 Å². The molecule has 1 saturated carbocycles. The highest BCUT2D eigenvalue weighted by atomic mass is 16.2. The third-order valence-electron chi connectivity index (χ3n) is 6.32. The number of nitrogens with zero attached hydrogens (tertiary/aromatic N) is 3. The third-order valence-corrected chi connectivity index (χ3v) is 6.32. The number of nitrogens with one attached hydrogen (secondary N) is 1. The Hall–Kier alpha value is -1.36. The number of aryl methyl sites for hydroxylation is 1. The summed E-state index contributed by atoms with van der Waals surface area (Å²) < 4.78 is 2.08. The Morgan fingerprint density at radius 2 is 1.84 bits per heavy atom. The average Bonchev–Trinajstić information content (AvgIpc) is 3.30. The van der Waals surface area contributed by atoms with Gasteiger partial charge in [0, 0.05) is 43.0 Å². The molecule has 0 radical (unpaired) electrons. The lowest BCUT2D eigenvalue weighted by Crippen LogP contribution is -2.43. The Bertz CT molecular complexity index is 611. The van der Waals surface area contributed by atoms with Crippen molar-refractivity contribution in [3.63, 3.8) is 0 Å². The third kappa shape index (κ3) is 3.48. The van der Waals surface area contributed by atoms with Crippen LogP contribution in [0.4, 0.5) is 0 Å². The summed E-state index contributed by atoms with van der Waals surface area (Å²) in [4.78, 5) is 15.0. The molecular weight excluding hydrogens is 312 g/mol. The Balaban J connectivity index is 1.52. The van der Waals surface area contributed by atoms with Crippen LogP contribution in [-0.4, -0.2) is 45.8 Å². The van der Waals surface area contributed by atoms with Gasteiger partial charge in [-0.25, -0.2) is 0 Å². The number of carbonyl (C=O) groups is 1. The number of hydrogen-bond acceptors (Lipinski definition) is 3. The molecule has 1 aliphatic heterocycles. The van der Waals surface area contributed by atoms with Crippen LogP contribution in [0.1, 0.15) is 80.0 Å². The predicted octanol–water partition coefficient (Wildman–Crippen LogP) is 2.92. The van der Waals surface area contributed by atoms with E-state index in [1.165, 1.54) is 49.8 Å². The maximum absolute atomic E-state index is 13.0. The first-order chi connectivity index (χ1) is 12.3. The lowest BCUT2D eigenvalue weighted by atomic mass is 9.88. The number of likely N-dealkylation sites (tertiary alicyclic amines) is 1. The van der Waals surface area contributed by atoms with Gasteiger partial charge in [0.15, 0.2) is 5.69 Å². The van der Waals surface area contributed by atoms with E-state index in [2.05, 4.69) is 16.9 Å². The molecule has 3 aliphatic rings. The molecule has 2 fully saturated rings. The molecule has 25 heavy (non-hydrogen) atoms. The molecule has 0 spiro atoms. The van der Waals surface area contributed by atoms with Gasteiger partial charge in [-0.2, -0.15) is 5.10 Å². The Morgan fingerprint density at radius 1 is 1.08 bits per heavy atom. The van der Waals surface area contributed by atoms with Crippen LogP contribution in [0.5, 0.6) is 0 Å². The lowest BCUT2D eigenvalue weighted by molar-refractivity contribution is 0.0785. The Kier molecular flexibility index (Phi) is 5.11. The first-order valence-corrected chi connectivity index (χ1v) is 10.4. The van der Waals surface area contributed by atoms with Crippen molar-refractivity contribution in [2.75, 3.05) is 13.1 Å². The van der Waals surface area contributed by atoms with Crippen molar-refractivity contribution in [1.29, 1.82) is 0 Å². The van der Waals surface area contributed by atoms with E-state index < -0.39 is 0 Å². The topological polar surface area (TPSA) is 50.2 Å². The second-order valence-electron chi connectivity index (χ2n) is 8.03. The van der Waals surface area contributed by atoms with Crippen LogP contribution >= 0.6 is 0 Å². The minimum atomic E-state index is 0.166. The minimum Gasteiger partial charge on any atom is -0.337 e. The minimum absolute atomic E-state index is 0.166. The quantitative estimate of drug-likeness (QED) is 0.914. The molecule has 1 unspecified atom stereocenters. The van der Waals surface area contributed by atoms with E-state index >= 15 is 0 Å². The van der Waals surface area contributed by atoms with Crippen molar-refractivity contribution >= 4 is 5.91 Å². The highest BCUT2D eigenvalue weighted by Crippen LogP contribution is 2.28. The van der Waals surface area contributed by atoms with Gasteiger partial charge in [0.05, 0.1) is 0 Å². The summed E-state index contributed by atoms with van der Waals surface area (Å²) in [5.41, 5.74) is 3.29. The number of amides is 1. The summed E-state index contributed by atoms with van der Waals surface area (Å²) in [6.45, 7) is 4.78. The molecule has 138 valence electrons. The summed E-state index contributed by atoms with van der Waals surface area (Å²) >= 11 is 0. The predicted molar refractivity (Wildman–Crippen MR) is 98.9 cm³/mol. The van der Waals surface area contributed by atoms with E-state index in [0.29, 0.717) is 12.1 Å². The van der Waals surface area contributed by atoms with E-state index in [4.69, 9.17) is 5.10 Å². The van der Waals surface area contributed by atoms with Gasteiger partial charge in [0.25, 0.3) is 5.91 Å². The summed E-state index contributed by atoms with van der Waals surface area (Å²) in [6, 6.07) is 1.19. The molecule has 1 atom stereocenters. The first kappa shape index (κ1) is 17.1. The Labute approximate surface area is 151 Å². The lowest BCUT2D eigenvalue weighted by Gasteiger charge is -2.31. The molecule has 1 aromatic rings. The second kappa shape index (κ2) is 7.48. The number of hydrogen-bond donors (Lipinski definition) is 1. The maximum atomic E-state index is 13.0. The summed E-state index contributed by atoms with van der Waals surface area (Å²) in [6.07, 6.45) is 12.2. The van der Waals surface area contributed by atoms with Crippen molar-refractivity contribution in [3.05, 3.63) is 17.0 Å². The smallest absolute Gasteiger partial charge is 0.274 e. The van der Waals surface area contributed by atoms with E-state index in [1.54, 1.807) is 0 Å². The van der Waals surface area contributed by atoms with Crippen LogP contribution < -0.4 is 5.32 Å². The summed E-state index contributed by atoms with van der Waals surface area (Å²) in [7, 11) is 0. The van der Waals surface area contributed by atoms with Crippen LogP contribution in [0.2, 0.25) is 0 Å². The fourth-order valence-corrected chi connectivity index (χ4v) is 4.94. The van der Waals surface area contributed by atoms with E-state index in [0.717, 1.165) is 51.0 Å². The van der Waals surface area contributed by atoms with Gasteiger partial charge in [-0.3, -0.25) is 9.48 Å². The second-order valence-corrected chi connectivity index (χ2v) is 8.03. The average molecular weight is 345 g/mol. The largest absolute Gasteiger partial charge is 0.337 e. The van der Waals surface area contributed by atoms with Gasteiger partial charge in [-0.1, -0.05) is 19.3 Å². The molecule has 5 nitrogen and oxygen atoms in total. The normalized spacial score (nSPS) is 24.5. The van der Waals surface area contributed by atoms with E-state index in [9.17, 15) is 4.79 Å². The van der Waals surface area contributed by atoms with Gasteiger partial charge in [0.2, 0.25) is 0 Å². The van der Waals surface area contributed by atoms with Crippen LogP contribution in [0, 0.1) is 0 Å². The van der Waals surface area contributed by atoms with Crippen molar-refractivity contribution in [2.45, 2.75) is 89.8 Å². The van der Waals surface area contributed by atoms with Crippen LogP contribution in [0.3, 0.4) is 0 Å². The molecule has 1 N–H and O–H groups in total. The monoisotopic (exact) mass is 344 g/mol. The standard InChI is InChI=1S/C20H32N4O/c1-2-24-18-11-10-16(21-15-8-4-3-5-9-15)14-17(18)19(22-24)20(25)23-12-6-7-13-23/h15-16,21H,2-14H2,1H3. The van der Waals surface area contributed by atoms with E-state index in [-0.39, 0.29) is 5.91 Å². The number of rotatable bonds is 4. The highest BCUT2D eigenvalue weighted by molar-refractivity contribution is 5.94. The fourth-order valence-electron chi connectivity index (χ4n) is 4.94. The molecule has 1 aromatic heterocycles. The zero-order chi connectivity index (χ0) is 17.2. The molecule has 1 amide bonds. The molecule has 4 rings (SSSR count). The zero-order valence-electron chi connectivity index (χ0n) is 15.6. The maximum Gasteiger partial charge on any atom is 0.274 e. The van der Waals surface area contributed by atoms with Gasteiger partial charge < -0.3 is 10.2 Å².